The lowest BCUT2D eigenvalue weighted by Crippen LogP contribution is -2.27. The maximum atomic E-state index is 13.1. The number of aromatic nitrogens is 2. The van der Waals surface area contributed by atoms with E-state index in [1.807, 2.05) is 6.92 Å². The molecule has 0 radical (unpaired) electrons. The van der Waals surface area contributed by atoms with Crippen LogP contribution in [0.1, 0.15) is 18.5 Å². The standard InChI is InChI=1S/C13H15FN4O/c1-2-18-8-9(7-16-18)12(13(15)19)17-11-5-3-4-10(14)6-11/h3-8,12,17H,2H2,1H3,(H2,15,19). The van der Waals surface area contributed by atoms with Crippen molar-refractivity contribution in [3.05, 3.63) is 48.0 Å². The third kappa shape index (κ3) is 3.09. The van der Waals surface area contributed by atoms with Crippen LogP contribution in [0, 0.1) is 5.82 Å². The van der Waals surface area contributed by atoms with Crippen LogP contribution in [0.15, 0.2) is 36.7 Å². The van der Waals surface area contributed by atoms with E-state index in [1.165, 1.54) is 12.1 Å². The van der Waals surface area contributed by atoms with Crippen LogP contribution < -0.4 is 11.1 Å². The van der Waals surface area contributed by atoms with Crippen molar-refractivity contribution in [2.75, 3.05) is 5.32 Å². The minimum Gasteiger partial charge on any atom is -0.370 e. The van der Waals surface area contributed by atoms with Gasteiger partial charge in [-0.05, 0) is 25.1 Å². The van der Waals surface area contributed by atoms with E-state index in [9.17, 15) is 9.18 Å². The second-order valence-electron chi connectivity index (χ2n) is 4.12. The number of hydrogen-bond acceptors (Lipinski definition) is 3. The van der Waals surface area contributed by atoms with Crippen molar-refractivity contribution < 1.29 is 9.18 Å². The monoisotopic (exact) mass is 262 g/mol. The molecule has 1 aromatic carbocycles. The van der Waals surface area contributed by atoms with Gasteiger partial charge in [0.05, 0.1) is 6.20 Å². The fourth-order valence-electron chi connectivity index (χ4n) is 1.77. The third-order valence-electron chi connectivity index (χ3n) is 2.73. The smallest absolute Gasteiger partial charge is 0.244 e. The number of nitrogens with one attached hydrogen (secondary N) is 1. The zero-order valence-electron chi connectivity index (χ0n) is 10.5. The summed E-state index contributed by atoms with van der Waals surface area (Å²) in [5.74, 6) is -0.919. The van der Waals surface area contributed by atoms with Gasteiger partial charge in [-0.3, -0.25) is 9.48 Å². The van der Waals surface area contributed by atoms with Gasteiger partial charge in [0.15, 0.2) is 0 Å². The van der Waals surface area contributed by atoms with Crippen LogP contribution in [-0.4, -0.2) is 15.7 Å². The Morgan fingerprint density at radius 1 is 1.58 bits per heavy atom. The summed E-state index contributed by atoms with van der Waals surface area (Å²) in [7, 11) is 0. The van der Waals surface area contributed by atoms with E-state index in [-0.39, 0.29) is 5.82 Å². The van der Waals surface area contributed by atoms with Gasteiger partial charge < -0.3 is 11.1 Å². The summed E-state index contributed by atoms with van der Waals surface area (Å²) in [6.07, 6.45) is 3.31. The zero-order chi connectivity index (χ0) is 13.8. The summed E-state index contributed by atoms with van der Waals surface area (Å²) in [5, 5.41) is 7.00. The number of amides is 1. The normalized spacial score (nSPS) is 12.1. The van der Waals surface area contributed by atoms with Crippen LogP contribution in [0.5, 0.6) is 0 Å². The van der Waals surface area contributed by atoms with Crippen molar-refractivity contribution in [2.45, 2.75) is 19.5 Å². The van der Waals surface area contributed by atoms with Gasteiger partial charge >= 0.3 is 0 Å². The summed E-state index contributed by atoms with van der Waals surface area (Å²) in [5.41, 5.74) is 6.52. The summed E-state index contributed by atoms with van der Waals surface area (Å²) in [6, 6.07) is 5.14. The van der Waals surface area contributed by atoms with Crippen LogP contribution in [0.4, 0.5) is 10.1 Å². The lowest BCUT2D eigenvalue weighted by molar-refractivity contribution is -0.118. The van der Waals surface area contributed by atoms with Crippen LogP contribution in [0.25, 0.3) is 0 Å². The molecule has 5 nitrogen and oxygen atoms in total. The van der Waals surface area contributed by atoms with E-state index >= 15 is 0 Å². The number of nitrogens with two attached hydrogens (primary N) is 1. The van der Waals surface area contributed by atoms with Crippen molar-refractivity contribution in [3.8, 4) is 0 Å². The topological polar surface area (TPSA) is 72.9 Å². The van der Waals surface area contributed by atoms with Crippen molar-refractivity contribution >= 4 is 11.6 Å². The average Bonchev–Trinajstić information content (AvgIpc) is 2.84. The molecular weight excluding hydrogens is 247 g/mol. The van der Waals surface area contributed by atoms with Gasteiger partial charge in [0.2, 0.25) is 5.91 Å². The number of anilines is 1. The van der Waals surface area contributed by atoms with E-state index < -0.39 is 11.9 Å². The molecular formula is C13H15FN4O. The van der Waals surface area contributed by atoms with Gasteiger partial charge in [0.25, 0.3) is 0 Å². The van der Waals surface area contributed by atoms with Gasteiger partial charge in [-0.25, -0.2) is 4.39 Å². The second-order valence-corrected chi connectivity index (χ2v) is 4.12. The molecule has 1 amide bonds. The molecule has 2 rings (SSSR count). The SMILES string of the molecule is CCn1cc(C(Nc2cccc(F)c2)C(N)=O)cn1. The quantitative estimate of drug-likeness (QED) is 0.861. The number of halogens is 1. The Hall–Kier alpha value is -2.37. The van der Waals surface area contributed by atoms with Crippen molar-refractivity contribution in [1.82, 2.24) is 9.78 Å². The molecule has 3 N–H and O–H groups in total. The molecule has 0 saturated carbocycles. The minimum absolute atomic E-state index is 0.377. The van der Waals surface area contributed by atoms with Gasteiger partial charge in [-0.1, -0.05) is 6.07 Å². The summed E-state index contributed by atoms with van der Waals surface area (Å²) >= 11 is 0. The molecule has 100 valence electrons. The first-order valence-electron chi connectivity index (χ1n) is 5.94. The van der Waals surface area contributed by atoms with Crippen LogP contribution in [0.3, 0.4) is 0 Å². The predicted octanol–water partition coefficient (Wildman–Crippen LogP) is 1.68. The molecule has 19 heavy (non-hydrogen) atoms. The number of benzene rings is 1. The molecule has 6 heteroatoms. The van der Waals surface area contributed by atoms with Crippen molar-refractivity contribution in [1.29, 1.82) is 0 Å². The Balaban J connectivity index is 2.23. The van der Waals surface area contributed by atoms with Gasteiger partial charge in [0.1, 0.15) is 11.9 Å². The van der Waals surface area contributed by atoms with Gasteiger partial charge in [-0.2, -0.15) is 5.10 Å². The number of hydrogen-bond donors (Lipinski definition) is 2. The number of primary amides is 1. The van der Waals surface area contributed by atoms with Crippen LogP contribution >= 0.6 is 0 Å². The lowest BCUT2D eigenvalue weighted by Gasteiger charge is -2.15. The first-order valence-corrected chi connectivity index (χ1v) is 5.94. The summed E-state index contributed by atoms with van der Waals surface area (Å²) in [4.78, 5) is 11.5. The second kappa shape index (κ2) is 5.51. The highest BCUT2D eigenvalue weighted by Gasteiger charge is 2.19. The van der Waals surface area contributed by atoms with Crippen LogP contribution in [-0.2, 0) is 11.3 Å². The first kappa shape index (κ1) is 13.1. The molecule has 1 atom stereocenters. The highest BCUT2D eigenvalue weighted by Crippen LogP contribution is 2.19. The Morgan fingerprint density at radius 2 is 2.37 bits per heavy atom. The molecule has 0 spiro atoms. The maximum Gasteiger partial charge on any atom is 0.244 e. The predicted molar refractivity (Wildman–Crippen MR) is 69.9 cm³/mol. The molecule has 0 saturated heterocycles. The maximum absolute atomic E-state index is 13.1. The molecule has 1 unspecified atom stereocenters. The van der Waals surface area contributed by atoms with Crippen molar-refractivity contribution in [2.24, 2.45) is 5.73 Å². The number of aryl methyl sites for hydroxylation is 1. The summed E-state index contributed by atoms with van der Waals surface area (Å²) < 4.78 is 14.8. The largest absolute Gasteiger partial charge is 0.370 e. The Labute approximate surface area is 110 Å². The third-order valence-corrected chi connectivity index (χ3v) is 2.73. The van der Waals surface area contributed by atoms with Gasteiger partial charge in [0, 0.05) is 24.0 Å². The number of rotatable bonds is 5. The van der Waals surface area contributed by atoms with Gasteiger partial charge in [-0.15, -0.1) is 0 Å². The fraction of sp³-hybridized carbons (Fsp3) is 0.231. The van der Waals surface area contributed by atoms with Crippen LogP contribution in [0.2, 0.25) is 0 Å². The van der Waals surface area contributed by atoms with E-state index in [4.69, 9.17) is 5.73 Å². The fourth-order valence-corrected chi connectivity index (χ4v) is 1.77. The molecule has 1 aromatic heterocycles. The Bertz CT molecular complexity index is 582. The zero-order valence-corrected chi connectivity index (χ0v) is 10.5. The molecule has 1 heterocycles. The molecule has 0 aliphatic rings. The van der Waals surface area contributed by atoms with E-state index in [1.54, 1.807) is 29.2 Å². The van der Waals surface area contributed by atoms with E-state index in [2.05, 4.69) is 10.4 Å². The minimum atomic E-state index is -0.734. The first-order chi connectivity index (χ1) is 9.10. The molecule has 0 aliphatic carbocycles. The highest BCUT2D eigenvalue weighted by atomic mass is 19.1. The number of carbonyl (C=O) groups excluding carboxylic acids is 1. The molecule has 2 aromatic rings. The number of carbonyl (C=O) groups is 1. The van der Waals surface area contributed by atoms with E-state index in [0.717, 1.165) is 0 Å². The number of nitrogens with zero attached hydrogens (tertiary/aromatic N) is 2. The van der Waals surface area contributed by atoms with E-state index in [0.29, 0.717) is 17.8 Å². The average molecular weight is 262 g/mol. The molecule has 0 fully saturated rings. The summed E-state index contributed by atoms with van der Waals surface area (Å²) in [6.45, 7) is 2.64. The van der Waals surface area contributed by atoms with Crippen molar-refractivity contribution in [3.63, 3.8) is 0 Å². The highest BCUT2D eigenvalue weighted by molar-refractivity contribution is 5.84. The molecule has 0 aliphatic heterocycles. The molecule has 0 bridgehead atoms. The Kier molecular flexibility index (Phi) is 3.79. The lowest BCUT2D eigenvalue weighted by atomic mass is 10.1. The Morgan fingerprint density at radius 3 is 2.95 bits per heavy atom.